The molecule has 0 amide bonds. The smallest absolute Gasteiger partial charge is 0.140 e. The van der Waals surface area contributed by atoms with Crippen LogP contribution in [0.2, 0.25) is 0 Å². The summed E-state index contributed by atoms with van der Waals surface area (Å²) in [5.41, 5.74) is 1.23. The molecule has 1 aromatic rings. The Balaban J connectivity index is 2.65. The molecule has 3 heteroatoms. The van der Waals surface area contributed by atoms with Crippen LogP contribution in [-0.2, 0) is 16.6 Å². The van der Waals surface area contributed by atoms with E-state index in [9.17, 15) is 4.79 Å². The molecular weight excluding hydrogens is 230 g/mol. The van der Waals surface area contributed by atoms with E-state index in [-0.39, 0.29) is 16.6 Å². The minimum absolute atomic E-state index is 0.0706. The van der Waals surface area contributed by atoms with Gasteiger partial charge >= 0.3 is 0 Å². The van der Waals surface area contributed by atoms with Gasteiger partial charge in [0.1, 0.15) is 10.8 Å². The molecule has 0 unspecified atom stereocenters. The summed E-state index contributed by atoms with van der Waals surface area (Å²) >= 11 is 1.60. The molecule has 96 valence electrons. The van der Waals surface area contributed by atoms with Crippen LogP contribution in [0, 0.1) is 5.41 Å². The van der Waals surface area contributed by atoms with Gasteiger partial charge in [0, 0.05) is 17.2 Å². The number of hydrogen-bond acceptors (Lipinski definition) is 3. The molecule has 1 rings (SSSR count). The third-order valence-corrected chi connectivity index (χ3v) is 3.24. The standard InChI is InChI=1S/C14H23NOS/c1-13(2,3)8-10(16)7-12-15-11(9-17-12)14(4,5)6/h9H,7-8H2,1-6H3. The van der Waals surface area contributed by atoms with Gasteiger partial charge < -0.3 is 0 Å². The molecule has 0 saturated carbocycles. The molecule has 1 heterocycles. The van der Waals surface area contributed by atoms with Crippen molar-refractivity contribution in [2.24, 2.45) is 5.41 Å². The highest BCUT2D eigenvalue weighted by Gasteiger charge is 2.20. The molecule has 0 aliphatic rings. The maximum Gasteiger partial charge on any atom is 0.140 e. The largest absolute Gasteiger partial charge is 0.299 e. The first-order chi connectivity index (χ1) is 7.58. The summed E-state index contributed by atoms with van der Waals surface area (Å²) < 4.78 is 0. The van der Waals surface area contributed by atoms with Gasteiger partial charge in [-0.3, -0.25) is 4.79 Å². The van der Waals surface area contributed by atoms with Crippen LogP contribution in [-0.4, -0.2) is 10.8 Å². The second kappa shape index (κ2) is 4.89. The number of carbonyl (C=O) groups is 1. The molecule has 0 atom stereocenters. The van der Waals surface area contributed by atoms with E-state index in [4.69, 9.17) is 0 Å². The van der Waals surface area contributed by atoms with Crippen LogP contribution in [0.1, 0.15) is 58.7 Å². The van der Waals surface area contributed by atoms with Gasteiger partial charge in [0.05, 0.1) is 12.1 Å². The average Bonchev–Trinajstić information content (AvgIpc) is 2.47. The van der Waals surface area contributed by atoms with Crippen LogP contribution < -0.4 is 0 Å². The Morgan fingerprint density at radius 2 is 1.82 bits per heavy atom. The molecule has 0 aromatic carbocycles. The van der Waals surface area contributed by atoms with Crippen LogP contribution in [0.5, 0.6) is 0 Å². The van der Waals surface area contributed by atoms with Crippen LogP contribution >= 0.6 is 11.3 Å². The lowest BCUT2D eigenvalue weighted by Gasteiger charge is -2.16. The van der Waals surface area contributed by atoms with E-state index < -0.39 is 0 Å². The molecule has 2 nitrogen and oxygen atoms in total. The van der Waals surface area contributed by atoms with E-state index in [1.165, 1.54) is 0 Å². The summed E-state index contributed by atoms with van der Waals surface area (Å²) in [6.07, 6.45) is 1.11. The summed E-state index contributed by atoms with van der Waals surface area (Å²) in [5, 5.41) is 3.02. The quantitative estimate of drug-likeness (QED) is 0.815. The molecule has 0 radical (unpaired) electrons. The lowest BCUT2D eigenvalue weighted by atomic mass is 9.89. The van der Waals surface area contributed by atoms with Crippen LogP contribution in [0.25, 0.3) is 0 Å². The number of rotatable bonds is 3. The number of hydrogen-bond donors (Lipinski definition) is 0. The van der Waals surface area contributed by atoms with Crippen molar-refractivity contribution in [1.29, 1.82) is 0 Å². The van der Waals surface area contributed by atoms with Crippen molar-refractivity contribution in [3.05, 3.63) is 16.1 Å². The van der Waals surface area contributed by atoms with Crippen LogP contribution in [0.15, 0.2) is 5.38 Å². The van der Waals surface area contributed by atoms with E-state index in [1.54, 1.807) is 11.3 Å². The number of Topliss-reactive ketones (excluding diaryl/α,β-unsaturated/α-hetero) is 1. The number of thiazole rings is 1. The summed E-state index contributed by atoms with van der Waals surface area (Å²) in [4.78, 5) is 16.4. The first-order valence-electron chi connectivity index (χ1n) is 6.04. The van der Waals surface area contributed by atoms with Gasteiger partial charge in [-0.2, -0.15) is 0 Å². The monoisotopic (exact) mass is 253 g/mol. The summed E-state index contributed by atoms with van der Waals surface area (Å²) in [6, 6.07) is 0. The average molecular weight is 253 g/mol. The fourth-order valence-corrected chi connectivity index (χ4v) is 2.61. The highest BCUT2D eigenvalue weighted by Crippen LogP contribution is 2.25. The molecule has 0 bridgehead atoms. The Bertz CT molecular complexity index is 393. The SMILES string of the molecule is CC(C)(C)CC(=O)Cc1nc(C(C)(C)C)cs1. The normalized spacial score (nSPS) is 12.8. The van der Waals surface area contributed by atoms with Crippen molar-refractivity contribution in [1.82, 2.24) is 4.98 Å². The fourth-order valence-electron chi connectivity index (χ4n) is 1.56. The number of ketones is 1. The zero-order chi connectivity index (χ0) is 13.3. The highest BCUT2D eigenvalue weighted by molar-refractivity contribution is 7.09. The molecule has 0 aliphatic heterocycles. The lowest BCUT2D eigenvalue weighted by molar-refractivity contribution is -0.120. The van der Waals surface area contributed by atoms with E-state index >= 15 is 0 Å². The first-order valence-corrected chi connectivity index (χ1v) is 6.92. The molecule has 0 fully saturated rings. The van der Waals surface area contributed by atoms with Gasteiger partial charge in [0.15, 0.2) is 0 Å². The fraction of sp³-hybridized carbons (Fsp3) is 0.714. The third-order valence-electron chi connectivity index (χ3n) is 2.40. The molecule has 0 aliphatic carbocycles. The Hall–Kier alpha value is -0.700. The van der Waals surface area contributed by atoms with Gasteiger partial charge in [-0.15, -0.1) is 11.3 Å². The van der Waals surface area contributed by atoms with E-state index in [2.05, 4.69) is 51.9 Å². The van der Waals surface area contributed by atoms with E-state index in [0.717, 1.165) is 10.7 Å². The second-order valence-electron chi connectivity index (χ2n) is 6.83. The molecule has 17 heavy (non-hydrogen) atoms. The predicted molar refractivity (Wildman–Crippen MR) is 73.6 cm³/mol. The topological polar surface area (TPSA) is 30.0 Å². The van der Waals surface area contributed by atoms with Crippen molar-refractivity contribution in [3.63, 3.8) is 0 Å². The molecule has 0 spiro atoms. The van der Waals surface area contributed by atoms with Crippen molar-refractivity contribution < 1.29 is 4.79 Å². The van der Waals surface area contributed by atoms with Crippen LogP contribution in [0.3, 0.4) is 0 Å². The zero-order valence-electron chi connectivity index (χ0n) is 11.8. The summed E-state index contributed by atoms with van der Waals surface area (Å²) in [6.45, 7) is 12.7. The van der Waals surface area contributed by atoms with Gasteiger partial charge in [-0.1, -0.05) is 41.5 Å². The van der Waals surface area contributed by atoms with Gasteiger partial charge in [-0.25, -0.2) is 4.98 Å². The van der Waals surface area contributed by atoms with Gasteiger partial charge in [0.25, 0.3) is 0 Å². The Kier molecular flexibility index (Phi) is 4.13. The van der Waals surface area contributed by atoms with Crippen molar-refractivity contribution in [2.75, 3.05) is 0 Å². The first kappa shape index (κ1) is 14.4. The predicted octanol–water partition coefficient (Wildman–Crippen LogP) is 3.99. The van der Waals surface area contributed by atoms with Crippen LogP contribution in [0.4, 0.5) is 0 Å². The Labute approximate surface area is 108 Å². The van der Waals surface area contributed by atoms with E-state index in [1.807, 2.05) is 0 Å². The van der Waals surface area contributed by atoms with Gasteiger partial charge in [-0.05, 0) is 5.41 Å². The minimum atomic E-state index is 0.0706. The molecule has 0 saturated heterocycles. The molecule has 0 N–H and O–H groups in total. The Morgan fingerprint density at radius 3 is 2.24 bits per heavy atom. The molecule has 1 aromatic heterocycles. The second-order valence-corrected chi connectivity index (χ2v) is 7.77. The maximum atomic E-state index is 11.9. The Morgan fingerprint density at radius 1 is 1.24 bits per heavy atom. The zero-order valence-corrected chi connectivity index (χ0v) is 12.6. The van der Waals surface area contributed by atoms with Gasteiger partial charge in [0.2, 0.25) is 0 Å². The maximum absolute atomic E-state index is 11.9. The van der Waals surface area contributed by atoms with Crippen molar-refractivity contribution in [2.45, 2.75) is 59.8 Å². The number of carbonyl (C=O) groups excluding carboxylic acids is 1. The van der Waals surface area contributed by atoms with Crippen molar-refractivity contribution in [3.8, 4) is 0 Å². The molecular formula is C14H23NOS. The van der Waals surface area contributed by atoms with Crippen molar-refractivity contribution >= 4 is 17.1 Å². The van der Waals surface area contributed by atoms with E-state index in [0.29, 0.717) is 12.8 Å². The summed E-state index contributed by atoms with van der Waals surface area (Å²) in [5.74, 6) is 0.285. The highest BCUT2D eigenvalue weighted by atomic mass is 32.1. The third kappa shape index (κ3) is 4.99. The number of aromatic nitrogens is 1. The summed E-state index contributed by atoms with van der Waals surface area (Å²) in [7, 11) is 0. The minimum Gasteiger partial charge on any atom is -0.299 e. The lowest BCUT2D eigenvalue weighted by Crippen LogP contribution is -2.15. The number of nitrogens with zero attached hydrogens (tertiary/aromatic N) is 1.